The lowest BCUT2D eigenvalue weighted by molar-refractivity contribution is 0.510. The van der Waals surface area contributed by atoms with Gasteiger partial charge in [-0.2, -0.15) is 0 Å². The summed E-state index contributed by atoms with van der Waals surface area (Å²) in [6.45, 7) is 6.65. The summed E-state index contributed by atoms with van der Waals surface area (Å²) in [5, 5.41) is 1.87. The third-order valence-corrected chi connectivity index (χ3v) is 2.81. The lowest BCUT2D eigenvalue weighted by Gasteiger charge is -2.17. The molecule has 0 saturated carbocycles. The molecule has 0 aliphatic heterocycles. The van der Waals surface area contributed by atoms with Crippen molar-refractivity contribution in [2.24, 2.45) is 5.92 Å². The first-order chi connectivity index (χ1) is 6.29. The zero-order chi connectivity index (χ0) is 10.1. The van der Waals surface area contributed by atoms with Crippen LogP contribution in [-0.4, -0.2) is 5.37 Å². The van der Waals surface area contributed by atoms with Gasteiger partial charge in [0.05, 0.1) is 0 Å². The van der Waals surface area contributed by atoms with Crippen molar-refractivity contribution >= 4 is 17.6 Å². The first-order valence-corrected chi connectivity index (χ1v) is 5.85. The molecule has 0 rings (SSSR count). The third kappa shape index (κ3) is 5.20. The first-order valence-electron chi connectivity index (χ1n) is 5.38. The van der Waals surface area contributed by atoms with Gasteiger partial charge in [0.25, 0.3) is 0 Å². The fourth-order valence-electron chi connectivity index (χ4n) is 1.86. The highest BCUT2D eigenvalue weighted by Gasteiger charge is 2.09. The van der Waals surface area contributed by atoms with Gasteiger partial charge in [0.1, 0.15) is 0 Å². The van der Waals surface area contributed by atoms with Crippen LogP contribution in [0, 0.1) is 5.92 Å². The second-order valence-electron chi connectivity index (χ2n) is 3.45. The molecule has 0 aromatic heterocycles. The number of hydrogen-bond acceptors (Lipinski definition) is 1. The van der Waals surface area contributed by atoms with Crippen LogP contribution >= 0.6 is 12.2 Å². The second-order valence-corrected chi connectivity index (χ2v) is 3.78. The van der Waals surface area contributed by atoms with E-state index in [1.165, 1.54) is 25.7 Å². The molecule has 0 heterocycles. The van der Waals surface area contributed by atoms with Gasteiger partial charge in [0.2, 0.25) is 0 Å². The summed E-state index contributed by atoms with van der Waals surface area (Å²) in [5.74, 6) is 0.777. The molecular formula is C12H22S. The zero-order valence-electron chi connectivity index (χ0n) is 9.18. The molecular weight excluding hydrogens is 176 g/mol. The minimum atomic E-state index is 0.777. The average molecular weight is 198 g/mol. The molecule has 0 aliphatic rings. The Morgan fingerprint density at radius 2 is 2.00 bits per heavy atom. The quantitative estimate of drug-likeness (QED) is 0.427. The smallest absolute Gasteiger partial charge is 0.0200 e. The minimum absolute atomic E-state index is 0.777. The molecule has 0 radical (unpaired) electrons. The summed E-state index contributed by atoms with van der Waals surface area (Å²) in [6.07, 6.45) is 8.39. The van der Waals surface area contributed by atoms with Crippen LogP contribution in [0.15, 0.2) is 11.6 Å². The Bertz CT molecular complexity index is 159. The van der Waals surface area contributed by atoms with Crippen LogP contribution in [-0.2, 0) is 0 Å². The summed E-state index contributed by atoms with van der Waals surface area (Å²) >= 11 is 4.87. The lowest BCUT2D eigenvalue weighted by atomic mass is 9.88. The summed E-state index contributed by atoms with van der Waals surface area (Å²) in [6, 6.07) is 0. The molecule has 13 heavy (non-hydrogen) atoms. The van der Waals surface area contributed by atoms with Gasteiger partial charge in [-0.05, 0) is 43.9 Å². The van der Waals surface area contributed by atoms with Crippen molar-refractivity contribution < 1.29 is 0 Å². The third-order valence-electron chi connectivity index (χ3n) is 2.57. The Morgan fingerprint density at radius 1 is 1.31 bits per heavy atom. The van der Waals surface area contributed by atoms with Crippen molar-refractivity contribution in [3.8, 4) is 0 Å². The number of rotatable bonds is 7. The molecule has 0 bridgehead atoms. The van der Waals surface area contributed by atoms with Gasteiger partial charge in [-0.1, -0.05) is 44.1 Å². The molecule has 0 aromatic carbocycles. The normalized spacial score (nSPS) is 14.2. The summed E-state index contributed by atoms with van der Waals surface area (Å²) in [4.78, 5) is 0. The lowest BCUT2D eigenvalue weighted by Crippen LogP contribution is -2.03. The molecule has 0 nitrogen and oxygen atoms in total. The maximum atomic E-state index is 4.87. The van der Waals surface area contributed by atoms with Crippen molar-refractivity contribution in [2.75, 3.05) is 0 Å². The monoisotopic (exact) mass is 198 g/mol. The van der Waals surface area contributed by atoms with Crippen LogP contribution < -0.4 is 0 Å². The molecule has 76 valence electrons. The molecule has 0 spiro atoms. The van der Waals surface area contributed by atoms with E-state index in [2.05, 4.69) is 26.8 Å². The van der Waals surface area contributed by atoms with Gasteiger partial charge in [-0.15, -0.1) is 0 Å². The van der Waals surface area contributed by atoms with Crippen LogP contribution in [0.4, 0.5) is 0 Å². The van der Waals surface area contributed by atoms with E-state index < -0.39 is 0 Å². The molecule has 0 aromatic rings. The SMILES string of the molecule is C/C=C(/CC)C(CCC)CCC=S. The van der Waals surface area contributed by atoms with E-state index in [9.17, 15) is 0 Å². The Balaban J connectivity index is 4.12. The Morgan fingerprint density at radius 3 is 2.38 bits per heavy atom. The van der Waals surface area contributed by atoms with Gasteiger partial charge >= 0.3 is 0 Å². The van der Waals surface area contributed by atoms with E-state index in [1.807, 2.05) is 5.37 Å². The van der Waals surface area contributed by atoms with E-state index in [0.29, 0.717) is 0 Å². The second kappa shape index (κ2) is 8.43. The minimum Gasteiger partial charge on any atom is -0.0935 e. The van der Waals surface area contributed by atoms with E-state index in [4.69, 9.17) is 12.2 Å². The van der Waals surface area contributed by atoms with E-state index in [1.54, 1.807) is 5.57 Å². The van der Waals surface area contributed by atoms with Crippen LogP contribution in [0.3, 0.4) is 0 Å². The van der Waals surface area contributed by atoms with Gasteiger partial charge in [-0.3, -0.25) is 0 Å². The maximum absolute atomic E-state index is 4.87. The van der Waals surface area contributed by atoms with Crippen molar-refractivity contribution in [3.05, 3.63) is 11.6 Å². The standard InChI is InChI=1S/C12H22S/c1-4-8-12(9-7-10-13)11(5-2)6-3/h5,10,12H,4,6-9H2,1-3H3/b11-5-. The van der Waals surface area contributed by atoms with Crippen LogP contribution in [0.5, 0.6) is 0 Å². The van der Waals surface area contributed by atoms with Gasteiger partial charge in [-0.25, -0.2) is 0 Å². The highest BCUT2D eigenvalue weighted by Crippen LogP contribution is 2.24. The molecule has 0 fully saturated rings. The Kier molecular flexibility index (Phi) is 8.32. The molecule has 1 unspecified atom stereocenters. The van der Waals surface area contributed by atoms with Crippen LogP contribution in [0.25, 0.3) is 0 Å². The summed E-state index contributed by atoms with van der Waals surface area (Å²) in [5.41, 5.74) is 1.61. The van der Waals surface area contributed by atoms with E-state index >= 15 is 0 Å². The number of thiocarbonyl (C=S) groups is 1. The fraction of sp³-hybridized carbons (Fsp3) is 0.750. The largest absolute Gasteiger partial charge is 0.0935 e. The average Bonchev–Trinajstić information content (AvgIpc) is 2.16. The van der Waals surface area contributed by atoms with Crippen LogP contribution in [0.1, 0.15) is 52.9 Å². The van der Waals surface area contributed by atoms with Crippen molar-refractivity contribution in [2.45, 2.75) is 52.9 Å². The first kappa shape index (κ1) is 12.8. The topological polar surface area (TPSA) is 0 Å². The van der Waals surface area contributed by atoms with Gasteiger partial charge in [0, 0.05) is 0 Å². The maximum Gasteiger partial charge on any atom is -0.0200 e. The van der Waals surface area contributed by atoms with Crippen molar-refractivity contribution in [3.63, 3.8) is 0 Å². The summed E-state index contributed by atoms with van der Waals surface area (Å²) in [7, 11) is 0. The predicted molar refractivity (Wildman–Crippen MR) is 65.3 cm³/mol. The molecule has 1 heteroatoms. The van der Waals surface area contributed by atoms with E-state index in [0.717, 1.165) is 12.3 Å². The Labute approximate surface area is 88.4 Å². The highest BCUT2D eigenvalue weighted by atomic mass is 32.1. The molecule has 0 saturated heterocycles. The molecule has 0 amide bonds. The number of allylic oxidation sites excluding steroid dienone is 2. The van der Waals surface area contributed by atoms with Crippen molar-refractivity contribution in [1.29, 1.82) is 0 Å². The molecule has 0 N–H and O–H groups in total. The zero-order valence-corrected chi connectivity index (χ0v) is 9.99. The van der Waals surface area contributed by atoms with Crippen molar-refractivity contribution in [1.82, 2.24) is 0 Å². The summed E-state index contributed by atoms with van der Waals surface area (Å²) < 4.78 is 0. The van der Waals surface area contributed by atoms with Gasteiger partial charge in [0.15, 0.2) is 0 Å². The fourth-order valence-corrected chi connectivity index (χ4v) is 2.00. The van der Waals surface area contributed by atoms with E-state index in [-0.39, 0.29) is 0 Å². The molecule has 0 aliphatic carbocycles. The van der Waals surface area contributed by atoms with Crippen LogP contribution in [0.2, 0.25) is 0 Å². The molecule has 1 atom stereocenters. The Hall–Kier alpha value is -0.170. The highest BCUT2D eigenvalue weighted by molar-refractivity contribution is 7.78. The predicted octanol–water partition coefficient (Wildman–Crippen LogP) is 4.54. The number of hydrogen-bond donors (Lipinski definition) is 0. The van der Waals surface area contributed by atoms with Gasteiger partial charge < -0.3 is 0 Å².